The van der Waals surface area contributed by atoms with Gasteiger partial charge in [-0.25, -0.2) is 0 Å². The molecular weight excluding hydrogens is 386 g/mol. The van der Waals surface area contributed by atoms with Crippen LogP contribution in [0.2, 0.25) is 0 Å². The van der Waals surface area contributed by atoms with Crippen molar-refractivity contribution < 1.29 is 28.5 Å². The Bertz CT molecular complexity index is 900. The zero-order valence-electron chi connectivity index (χ0n) is 17.9. The van der Waals surface area contributed by atoms with E-state index in [4.69, 9.17) is 18.9 Å². The molecule has 0 unspecified atom stereocenters. The van der Waals surface area contributed by atoms with Crippen LogP contribution < -0.4 is 14.2 Å². The van der Waals surface area contributed by atoms with Crippen molar-refractivity contribution in [2.24, 2.45) is 0 Å². The maximum absolute atomic E-state index is 12.9. The molecule has 0 aromatic heterocycles. The van der Waals surface area contributed by atoms with Crippen molar-refractivity contribution >= 4 is 18.0 Å². The average molecular weight is 413 g/mol. The van der Waals surface area contributed by atoms with E-state index in [1.807, 2.05) is 25.1 Å². The van der Waals surface area contributed by atoms with Gasteiger partial charge in [-0.2, -0.15) is 0 Å². The van der Waals surface area contributed by atoms with E-state index < -0.39 is 5.97 Å². The highest BCUT2D eigenvalue weighted by Gasteiger charge is 2.17. The van der Waals surface area contributed by atoms with Gasteiger partial charge in [-0.3, -0.25) is 9.59 Å². The van der Waals surface area contributed by atoms with Crippen molar-refractivity contribution in [3.05, 3.63) is 59.2 Å². The molecule has 0 atom stereocenters. The highest BCUT2D eigenvalue weighted by atomic mass is 16.5. The summed E-state index contributed by atoms with van der Waals surface area (Å²) in [5.74, 6) is 0.983. The van der Waals surface area contributed by atoms with E-state index in [0.29, 0.717) is 17.2 Å². The lowest BCUT2D eigenvalue weighted by Gasteiger charge is -2.21. The molecule has 0 saturated heterocycles. The largest absolute Gasteiger partial charge is 0.497 e. The Kier molecular flexibility index (Phi) is 8.29. The fraction of sp³-hybridized carbons (Fsp3) is 0.304. The van der Waals surface area contributed by atoms with Gasteiger partial charge in [0.15, 0.2) is 0 Å². The lowest BCUT2D eigenvalue weighted by atomic mass is 10.1. The smallest absolute Gasteiger partial charge is 0.325 e. The molecule has 0 spiro atoms. The number of hydrogen-bond acceptors (Lipinski definition) is 6. The third-order valence-corrected chi connectivity index (χ3v) is 4.43. The first kappa shape index (κ1) is 22.8. The van der Waals surface area contributed by atoms with Crippen molar-refractivity contribution in [2.75, 3.05) is 35.0 Å². The Morgan fingerprint density at radius 3 is 2.17 bits per heavy atom. The Morgan fingerprint density at radius 2 is 1.60 bits per heavy atom. The van der Waals surface area contributed by atoms with Crippen molar-refractivity contribution in [3.63, 3.8) is 0 Å². The second-order valence-corrected chi connectivity index (χ2v) is 6.57. The molecule has 1 amide bonds. The number of amides is 1. The lowest BCUT2D eigenvalue weighted by Crippen LogP contribution is -2.34. The van der Waals surface area contributed by atoms with Crippen LogP contribution in [0.4, 0.5) is 0 Å². The molecule has 2 rings (SSSR count). The van der Waals surface area contributed by atoms with Gasteiger partial charge >= 0.3 is 5.97 Å². The van der Waals surface area contributed by atoms with Crippen LogP contribution in [0.5, 0.6) is 17.2 Å². The summed E-state index contributed by atoms with van der Waals surface area (Å²) in [5.41, 5.74) is 2.56. The highest BCUT2D eigenvalue weighted by Crippen LogP contribution is 2.24. The zero-order chi connectivity index (χ0) is 22.1. The molecule has 0 heterocycles. The number of nitrogens with zero attached hydrogens (tertiary/aromatic N) is 1. The van der Waals surface area contributed by atoms with Crippen LogP contribution in [0.25, 0.3) is 6.08 Å². The minimum absolute atomic E-state index is 0.177. The van der Waals surface area contributed by atoms with Crippen LogP contribution in [-0.4, -0.2) is 51.8 Å². The molecule has 2 aromatic carbocycles. The fourth-order valence-corrected chi connectivity index (χ4v) is 2.86. The van der Waals surface area contributed by atoms with Crippen molar-refractivity contribution in [1.82, 2.24) is 4.90 Å². The van der Waals surface area contributed by atoms with Gasteiger partial charge in [0.25, 0.3) is 0 Å². The summed E-state index contributed by atoms with van der Waals surface area (Å²) in [5, 5.41) is 0. The van der Waals surface area contributed by atoms with E-state index in [9.17, 15) is 9.59 Å². The van der Waals surface area contributed by atoms with Crippen LogP contribution >= 0.6 is 0 Å². The summed E-state index contributed by atoms with van der Waals surface area (Å²) in [7, 11) is 5.96. The Balaban J connectivity index is 2.29. The summed E-state index contributed by atoms with van der Waals surface area (Å²) in [6, 6.07) is 11.0. The van der Waals surface area contributed by atoms with Crippen molar-refractivity contribution in [3.8, 4) is 17.2 Å². The topological polar surface area (TPSA) is 74.3 Å². The number of aryl methyl sites for hydroxylation is 1. The van der Waals surface area contributed by atoms with Crippen molar-refractivity contribution in [1.29, 1.82) is 0 Å². The van der Waals surface area contributed by atoms with Gasteiger partial charge in [-0.15, -0.1) is 0 Å². The lowest BCUT2D eigenvalue weighted by molar-refractivity contribution is -0.145. The molecule has 0 saturated carbocycles. The molecule has 160 valence electrons. The molecule has 0 radical (unpaired) electrons. The number of esters is 1. The maximum Gasteiger partial charge on any atom is 0.325 e. The zero-order valence-corrected chi connectivity index (χ0v) is 17.9. The quantitative estimate of drug-likeness (QED) is 0.464. The number of carbonyl (C=O) groups is 2. The van der Waals surface area contributed by atoms with E-state index in [2.05, 4.69) is 0 Å². The number of carbonyl (C=O) groups excluding carboxylic acids is 2. The Labute approximate surface area is 176 Å². The normalized spacial score (nSPS) is 10.6. The van der Waals surface area contributed by atoms with Crippen LogP contribution in [0.3, 0.4) is 0 Å². The van der Waals surface area contributed by atoms with E-state index >= 15 is 0 Å². The Hall–Kier alpha value is -3.48. The molecule has 2 aromatic rings. The SMILES string of the molecule is COC(=O)CN(Cc1cc(OC)cc(OC)c1)C(=O)/C=C/c1cc(C)ccc1OC. The molecule has 0 aliphatic rings. The van der Waals surface area contributed by atoms with Gasteiger partial charge in [0.2, 0.25) is 5.91 Å². The molecule has 0 fully saturated rings. The van der Waals surface area contributed by atoms with E-state index in [-0.39, 0.29) is 19.0 Å². The van der Waals surface area contributed by atoms with Crippen LogP contribution in [0, 0.1) is 6.92 Å². The van der Waals surface area contributed by atoms with Crippen LogP contribution in [-0.2, 0) is 20.9 Å². The minimum atomic E-state index is -0.514. The van der Waals surface area contributed by atoms with E-state index in [1.54, 1.807) is 45.6 Å². The Morgan fingerprint density at radius 1 is 0.933 bits per heavy atom. The van der Waals surface area contributed by atoms with Crippen LogP contribution in [0.1, 0.15) is 16.7 Å². The van der Waals surface area contributed by atoms with E-state index in [1.165, 1.54) is 18.1 Å². The highest BCUT2D eigenvalue weighted by molar-refractivity contribution is 5.94. The van der Waals surface area contributed by atoms with Gasteiger partial charge in [0, 0.05) is 24.3 Å². The molecule has 7 heteroatoms. The van der Waals surface area contributed by atoms with Gasteiger partial charge < -0.3 is 23.8 Å². The third-order valence-electron chi connectivity index (χ3n) is 4.43. The fourth-order valence-electron chi connectivity index (χ4n) is 2.86. The van der Waals surface area contributed by atoms with E-state index in [0.717, 1.165) is 16.7 Å². The summed E-state index contributed by atoms with van der Waals surface area (Å²) in [6.07, 6.45) is 3.09. The first-order chi connectivity index (χ1) is 14.4. The van der Waals surface area contributed by atoms with Gasteiger partial charge in [-0.05, 0) is 42.8 Å². The monoisotopic (exact) mass is 413 g/mol. The first-order valence-corrected chi connectivity index (χ1v) is 9.30. The number of hydrogen-bond donors (Lipinski definition) is 0. The molecule has 0 aliphatic carbocycles. The van der Waals surface area contributed by atoms with Crippen molar-refractivity contribution in [2.45, 2.75) is 13.5 Å². The molecule has 0 bridgehead atoms. The third kappa shape index (κ3) is 6.27. The second kappa shape index (κ2) is 10.9. The molecular formula is C23H27NO6. The number of ether oxygens (including phenoxy) is 4. The predicted molar refractivity (Wildman–Crippen MR) is 114 cm³/mol. The average Bonchev–Trinajstić information content (AvgIpc) is 2.76. The van der Waals surface area contributed by atoms with Gasteiger partial charge in [0.05, 0.1) is 28.4 Å². The standard InChI is InChI=1S/C23H27NO6/c1-16-6-8-21(29-4)18(10-16)7-9-22(25)24(15-23(26)30-5)14-17-11-19(27-2)13-20(12-17)28-3/h6-13H,14-15H2,1-5H3/b9-7+. The number of methoxy groups -OCH3 is 4. The number of benzene rings is 2. The summed E-state index contributed by atoms with van der Waals surface area (Å²) in [6.45, 7) is 1.94. The van der Waals surface area contributed by atoms with Crippen LogP contribution in [0.15, 0.2) is 42.5 Å². The predicted octanol–water partition coefficient (Wildman–Crippen LogP) is 3.24. The minimum Gasteiger partial charge on any atom is -0.497 e. The molecule has 0 N–H and O–H groups in total. The second-order valence-electron chi connectivity index (χ2n) is 6.57. The molecule has 0 aliphatic heterocycles. The molecule has 7 nitrogen and oxygen atoms in total. The number of rotatable bonds is 9. The summed E-state index contributed by atoms with van der Waals surface area (Å²) in [4.78, 5) is 26.2. The maximum atomic E-state index is 12.9. The molecule has 30 heavy (non-hydrogen) atoms. The van der Waals surface area contributed by atoms with Gasteiger partial charge in [-0.1, -0.05) is 11.6 Å². The first-order valence-electron chi connectivity index (χ1n) is 9.30. The summed E-state index contributed by atoms with van der Waals surface area (Å²) >= 11 is 0. The summed E-state index contributed by atoms with van der Waals surface area (Å²) < 4.78 is 20.7. The van der Waals surface area contributed by atoms with Gasteiger partial charge in [0.1, 0.15) is 23.8 Å².